The first kappa shape index (κ1) is 40.1. The third-order valence-corrected chi connectivity index (χ3v) is 9.68. The third-order valence-electron chi connectivity index (χ3n) is 9.68. The second-order valence-corrected chi connectivity index (χ2v) is 12.7. The zero-order chi connectivity index (χ0) is 36.9. The molecule has 3 rings (SSSR count). The molecule has 0 heterocycles. The number of hydrogen-bond donors (Lipinski definition) is 0. The van der Waals surface area contributed by atoms with Crippen LogP contribution in [0.5, 0.6) is 0 Å². The van der Waals surface area contributed by atoms with E-state index in [0.717, 1.165) is 63.5 Å². The SMILES string of the molecule is CCC[C@H]1CC[C@H](C2CCC(c3ccc(C(=O)C(F)(F)C(F)(F)C(F)(F)C(F)(F)C(F)(F)C(F)(F)C(F)(F)C(F)(F)F)cc3)CC2)CC1. The van der Waals surface area contributed by atoms with E-state index < -0.39 is 59.0 Å². The number of ketones is 1. The van der Waals surface area contributed by atoms with Crippen molar-refractivity contribution in [1.82, 2.24) is 0 Å². The Kier molecular flexibility index (Phi) is 11.0. The Morgan fingerprint density at radius 1 is 0.542 bits per heavy atom. The fourth-order valence-electron chi connectivity index (χ4n) is 6.67. The standard InChI is InChI=1S/C30H31F17O/c1-2-3-16-4-6-17(7-5-16)18-8-10-19(11-9-18)20-12-14-21(15-13-20)22(48)23(31,32)24(33,34)25(35,36)26(37,38)27(39,40)28(41,42)29(43,44)30(45,46)47/h12-19H,2-11H2,1H3/t16-,17-,18?,19?. The highest BCUT2D eigenvalue weighted by Crippen LogP contribution is 2.64. The summed E-state index contributed by atoms with van der Waals surface area (Å²) in [6.45, 7) is 2.12. The van der Waals surface area contributed by atoms with E-state index in [1.165, 1.54) is 0 Å². The highest BCUT2D eigenvalue weighted by Gasteiger charge is 2.95. The Labute approximate surface area is 263 Å². The summed E-state index contributed by atoms with van der Waals surface area (Å²) in [4.78, 5) is 12.2. The van der Waals surface area contributed by atoms with Crippen molar-refractivity contribution >= 4 is 5.78 Å². The van der Waals surface area contributed by atoms with Gasteiger partial charge in [0.2, 0.25) is 5.78 Å². The van der Waals surface area contributed by atoms with Gasteiger partial charge in [0.1, 0.15) is 0 Å². The molecule has 2 saturated carbocycles. The molecule has 2 aliphatic carbocycles. The molecule has 0 bridgehead atoms. The van der Waals surface area contributed by atoms with Gasteiger partial charge in [0.05, 0.1) is 0 Å². The van der Waals surface area contributed by atoms with Crippen LogP contribution in [0.3, 0.4) is 0 Å². The van der Waals surface area contributed by atoms with Crippen molar-refractivity contribution in [2.24, 2.45) is 17.8 Å². The lowest BCUT2D eigenvalue weighted by molar-refractivity contribution is -0.459. The maximum atomic E-state index is 14.5. The third kappa shape index (κ3) is 6.39. The van der Waals surface area contributed by atoms with Crippen molar-refractivity contribution in [2.45, 2.75) is 125 Å². The Balaban J connectivity index is 1.78. The molecule has 0 N–H and O–H groups in total. The molecule has 1 nitrogen and oxygen atoms in total. The van der Waals surface area contributed by atoms with Crippen LogP contribution < -0.4 is 0 Å². The van der Waals surface area contributed by atoms with Crippen molar-refractivity contribution in [3.63, 3.8) is 0 Å². The zero-order valence-corrected chi connectivity index (χ0v) is 25.0. The minimum atomic E-state index is -8.74. The molecule has 1 aromatic rings. The zero-order valence-electron chi connectivity index (χ0n) is 25.0. The summed E-state index contributed by atoms with van der Waals surface area (Å²) in [6, 6.07) is 2.80. The molecule has 0 amide bonds. The summed E-state index contributed by atoms with van der Waals surface area (Å²) < 4.78 is 231. The normalized spacial score (nSPS) is 24.5. The molecule has 48 heavy (non-hydrogen) atoms. The monoisotopic (exact) mass is 730 g/mol. The summed E-state index contributed by atoms with van der Waals surface area (Å²) >= 11 is 0. The minimum Gasteiger partial charge on any atom is -0.287 e. The minimum absolute atomic E-state index is 0.203. The number of rotatable bonds is 12. The van der Waals surface area contributed by atoms with Crippen LogP contribution in [0, 0.1) is 17.8 Å². The van der Waals surface area contributed by atoms with Crippen LogP contribution in [-0.4, -0.2) is 53.4 Å². The van der Waals surface area contributed by atoms with Crippen molar-refractivity contribution in [1.29, 1.82) is 0 Å². The number of Topliss-reactive ketones (excluding diaryl/α,β-unsaturated/α-hetero) is 1. The van der Waals surface area contributed by atoms with E-state index in [9.17, 15) is 79.4 Å². The smallest absolute Gasteiger partial charge is 0.287 e. The highest BCUT2D eigenvalue weighted by atomic mass is 19.4. The van der Waals surface area contributed by atoms with Gasteiger partial charge in [0.15, 0.2) is 0 Å². The summed E-state index contributed by atoms with van der Waals surface area (Å²) in [5.41, 5.74) is -1.14. The van der Waals surface area contributed by atoms with Crippen LogP contribution >= 0.6 is 0 Å². The van der Waals surface area contributed by atoms with Crippen LogP contribution in [0.1, 0.15) is 93.0 Å². The van der Waals surface area contributed by atoms with Gasteiger partial charge in [0, 0.05) is 5.56 Å². The van der Waals surface area contributed by atoms with Gasteiger partial charge in [0.25, 0.3) is 0 Å². The predicted molar refractivity (Wildman–Crippen MR) is 137 cm³/mol. The highest BCUT2D eigenvalue weighted by molar-refractivity contribution is 6.02. The van der Waals surface area contributed by atoms with Gasteiger partial charge in [-0.3, -0.25) is 4.79 Å². The van der Waals surface area contributed by atoms with E-state index in [-0.39, 0.29) is 5.92 Å². The van der Waals surface area contributed by atoms with Crippen LogP contribution in [0.4, 0.5) is 74.6 Å². The summed E-state index contributed by atoms with van der Waals surface area (Å²) in [5, 5.41) is 0. The molecule has 0 aliphatic heterocycles. The van der Waals surface area contributed by atoms with Gasteiger partial charge in [-0.2, -0.15) is 74.6 Å². The topological polar surface area (TPSA) is 17.1 Å². The van der Waals surface area contributed by atoms with E-state index >= 15 is 0 Å². The van der Waals surface area contributed by atoms with Crippen molar-refractivity contribution in [2.75, 3.05) is 0 Å². The second-order valence-electron chi connectivity index (χ2n) is 12.7. The quantitative estimate of drug-likeness (QED) is 0.155. The second kappa shape index (κ2) is 13.1. The Morgan fingerprint density at radius 2 is 0.917 bits per heavy atom. The number of alkyl halides is 17. The Hall–Kier alpha value is -2.30. The summed E-state index contributed by atoms with van der Waals surface area (Å²) in [7, 11) is 0. The first-order valence-electron chi connectivity index (χ1n) is 15.0. The largest absolute Gasteiger partial charge is 0.460 e. The van der Waals surface area contributed by atoms with E-state index in [2.05, 4.69) is 6.92 Å². The molecule has 1 aromatic carbocycles. The number of benzene rings is 1. The molecule has 276 valence electrons. The van der Waals surface area contributed by atoms with Crippen LogP contribution in [0.25, 0.3) is 0 Å². The fraction of sp³-hybridized carbons (Fsp3) is 0.767. The van der Waals surface area contributed by atoms with Crippen LogP contribution in [0.2, 0.25) is 0 Å². The van der Waals surface area contributed by atoms with Crippen molar-refractivity contribution in [3.8, 4) is 0 Å². The van der Waals surface area contributed by atoms with Gasteiger partial charge >= 0.3 is 47.6 Å². The molecule has 0 aromatic heterocycles. The predicted octanol–water partition coefficient (Wildman–Crippen LogP) is 11.8. The Morgan fingerprint density at radius 3 is 1.31 bits per heavy atom. The van der Waals surface area contributed by atoms with Gasteiger partial charge in [-0.25, -0.2) is 0 Å². The average Bonchev–Trinajstić information content (AvgIpc) is 3.00. The van der Waals surface area contributed by atoms with Crippen molar-refractivity contribution in [3.05, 3.63) is 35.4 Å². The molecule has 0 spiro atoms. The molecule has 2 fully saturated rings. The van der Waals surface area contributed by atoms with Crippen LogP contribution in [-0.2, 0) is 0 Å². The van der Waals surface area contributed by atoms with Crippen LogP contribution in [0.15, 0.2) is 24.3 Å². The van der Waals surface area contributed by atoms with Crippen molar-refractivity contribution < 1.29 is 79.4 Å². The molecule has 0 saturated heterocycles. The van der Waals surface area contributed by atoms with E-state index in [4.69, 9.17) is 0 Å². The van der Waals surface area contributed by atoms with E-state index in [1.54, 1.807) is 0 Å². The molecular weight excluding hydrogens is 699 g/mol. The number of carbonyl (C=O) groups is 1. The number of carbonyl (C=O) groups excluding carboxylic acids is 1. The molecular formula is C30H31F17O. The molecule has 18 heteroatoms. The summed E-state index contributed by atoms with van der Waals surface area (Å²) in [5.74, 6) is -59.9. The Bertz CT molecular complexity index is 1250. The van der Waals surface area contributed by atoms with Gasteiger partial charge in [-0.15, -0.1) is 0 Å². The average molecular weight is 731 g/mol. The maximum absolute atomic E-state index is 14.5. The van der Waals surface area contributed by atoms with Gasteiger partial charge in [-0.1, -0.05) is 56.9 Å². The fourth-order valence-corrected chi connectivity index (χ4v) is 6.67. The van der Waals surface area contributed by atoms with Gasteiger partial charge < -0.3 is 0 Å². The van der Waals surface area contributed by atoms with Gasteiger partial charge in [-0.05, 0) is 67.8 Å². The van der Waals surface area contributed by atoms with E-state index in [1.807, 2.05) is 0 Å². The molecule has 0 atom stereocenters. The number of hydrogen-bond acceptors (Lipinski definition) is 1. The summed E-state index contributed by atoms with van der Waals surface area (Å²) in [6.07, 6.45) is 1.66. The number of halogens is 17. The first-order chi connectivity index (χ1) is 21.6. The molecule has 0 unspecified atom stereocenters. The maximum Gasteiger partial charge on any atom is 0.460 e. The first-order valence-corrected chi connectivity index (χ1v) is 15.0. The molecule has 2 aliphatic rings. The molecule has 0 radical (unpaired) electrons. The van der Waals surface area contributed by atoms with E-state index in [0.29, 0.717) is 48.3 Å². The lowest BCUT2D eigenvalue weighted by Crippen LogP contribution is -2.75. The lowest BCUT2D eigenvalue weighted by Gasteiger charge is -2.42. The lowest BCUT2D eigenvalue weighted by atomic mass is 9.68.